The second-order valence-corrected chi connectivity index (χ2v) is 6.05. The Hall–Kier alpha value is -2.33. The van der Waals surface area contributed by atoms with Gasteiger partial charge in [0, 0.05) is 16.8 Å². The Morgan fingerprint density at radius 2 is 1.78 bits per heavy atom. The molecule has 2 aromatic carbocycles. The minimum absolute atomic E-state index is 0.265. The number of nitrogen functional groups attached to an aromatic ring is 1. The first-order chi connectivity index (χ1) is 11.0. The molecule has 23 heavy (non-hydrogen) atoms. The number of hydrogen-bond acceptors (Lipinski definition) is 4. The number of nitrogens with zero attached hydrogens (tertiary/aromatic N) is 2. The maximum absolute atomic E-state index is 6.08. The van der Waals surface area contributed by atoms with E-state index in [1.165, 1.54) is 11.1 Å². The average molecular weight is 328 g/mol. The van der Waals surface area contributed by atoms with Crippen molar-refractivity contribution in [2.75, 3.05) is 12.3 Å². The van der Waals surface area contributed by atoms with Gasteiger partial charge in [0.25, 0.3) is 0 Å². The molecule has 2 N–H and O–H groups in total. The SMILES string of the molecule is Cc1cc(C)cc(OCCc2nc(N)nc3ccc(Cl)cc23)c1. The standard InChI is InChI=1S/C18H18ClN3O/c1-11-7-12(2)9-14(8-11)23-6-5-17-15-10-13(19)3-4-16(15)21-18(20)22-17/h3-4,7-10H,5-6H2,1-2H3,(H2,20,21,22). The van der Waals surface area contributed by atoms with Crippen molar-refractivity contribution in [3.05, 3.63) is 58.2 Å². The summed E-state index contributed by atoms with van der Waals surface area (Å²) < 4.78 is 5.86. The number of hydrogen-bond donors (Lipinski definition) is 1. The summed E-state index contributed by atoms with van der Waals surface area (Å²) in [6, 6.07) is 11.7. The molecule has 4 nitrogen and oxygen atoms in total. The normalized spacial score (nSPS) is 10.9. The number of anilines is 1. The van der Waals surface area contributed by atoms with Crippen molar-refractivity contribution in [1.82, 2.24) is 9.97 Å². The molecule has 1 aromatic heterocycles. The topological polar surface area (TPSA) is 61.0 Å². The number of aromatic nitrogens is 2. The van der Waals surface area contributed by atoms with Crippen molar-refractivity contribution >= 4 is 28.5 Å². The highest BCUT2D eigenvalue weighted by Gasteiger charge is 2.08. The summed E-state index contributed by atoms with van der Waals surface area (Å²) in [5, 5.41) is 1.57. The zero-order valence-electron chi connectivity index (χ0n) is 13.1. The first-order valence-corrected chi connectivity index (χ1v) is 7.82. The number of nitrogens with two attached hydrogens (primary N) is 1. The summed E-state index contributed by atoms with van der Waals surface area (Å²) >= 11 is 6.08. The molecule has 3 aromatic rings. The third-order valence-electron chi connectivity index (χ3n) is 3.56. The lowest BCUT2D eigenvalue weighted by atomic mass is 10.1. The fourth-order valence-electron chi connectivity index (χ4n) is 2.66. The zero-order valence-corrected chi connectivity index (χ0v) is 13.9. The van der Waals surface area contributed by atoms with Gasteiger partial charge in [0.15, 0.2) is 0 Å². The summed E-state index contributed by atoms with van der Waals surface area (Å²) in [4.78, 5) is 8.57. The summed E-state index contributed by atoms with van der Waals surface area (Å²) in [6.45, 7) is 4.63. The van der Waals surface area contributed by atoms with Gasteiger partial charge >= 0.3 is 0 Å². The minimum Gasteiger partial charge on any atom is -0.493 e. The largest absolute Gasteiger partial charge is 0.493 e. The van der Waals surface area contributed by atoms with Crippen LogP contribution in [-0.2, 0) is 6.42 Å². The quantitative estimate of drug-likeness (QED) is 0.783. The Labute approximate surface area is 140 Å². The van der Waals surface area contributed by atoms with Crippen molar-refractivity contribution in [3.8, 4) is 5.75 Å². The minimum atomic E-state index is 0.265. The molecule has 1 heterocycles. The number of aryl methyl sites for hydroxylation is 2. The molecule has 0 saturated carbocycles. The highest BCUT2D eigenvalue weighted by atomic mass is 35.5. The Morgan fingerprint density at radius 1 is 1.04 bits per heavy atom. The van der Waals surface area contributed by atoms with E-state index in [4.69, 9.17) is 22.1 Å². The molecule has 0 spiro atoms. The average Bonchev–Trinajstić information content (AvgIpc) is 2.47. The molecule has 5 heteroatoms. The number of rotatable bonds is 4. The third kappa shape index (κ3) is 3.71. The highest BCUT2D eigenvalue weighted by Crippen LogP contribution is 2.22. The van der Waals surface area contributed by atoms with Crippen LogP contribution in [0.3, 0.4) is 0 Å². The highest BCUT2D eigenvalue weighted by molar-refractivity contribution is 6.31. The molecule has 0 saturated heterocycles. The van der Waals surface area contributed by atoms with Gasteiger partial charge in [-0.15, -0.1) is 0 Å². The van der Waals surface area contributed by atoms with Crippen molar-refractivity contribution in [1.29, 1.82) is 0 Å². The van der Waals surface area contributed by atoms with E-state index in [2.05, 4.69) is 29.9 Å². The molecule has 0 atom stereocenters. The molecule has 3 rings (SSSR count). The zero-order chi connectivity index (χ0) is 16.4. The van der Waals surface area contributed by atoms with Crippen LogP contribution in [0.1, 0.15) is 16.8 Å². The Morgan fingerprint density at radius 3 is 2.52 bits per heavy atom. The Balaban J connectivity index is 1.80. The second kappa shape index (κ2) is 6.42. The molecule has 0 bridgehead atoms. The summed E-state index contributed by atoms with van der Waals surface area (Å²) in [5.41, 5.74) is 9.80. The van der Waals surface area contributed by atoms with Crippen LogP contribution in [0.5, 0.6) is 5.75 Å². The molecule has 0 aliphatic rings. The van der Waals surface area contributed by atoms with E-state index in [9.17, 15) is 0 Å². The van der Waals surface area contributed by atoms with Crippen LogP contribution < -0.4 is 10.5 Å². The van der Waals surface area contributed by atoms with Gasteiger partial charge in [-0.05, 0) is 55.3 Å². The fourth-order valence-corrected chi connectivity index (χ4v) is 2.83. The first-order valence-electron chi connectivity index (χ1n) is 7.44. The lowest BCUT2D eigenvalue weighted by Crippen LogP contribution is -2.07. The van der Waals surface area contributed by atoms with Crippen LogP contribution in [0.15, 0.2) is 36.4 Å². The number of ether oxygens (including phenoxy) is 1. The lowest BCUT2D eigenvalue weighted by Gasteiger charge is -2.10. The van der Waals surface area contributed by atoms with Crippen LogP contribution in [0.2, 0.25) is 5.02 Å². The summed E-state index contributed by atoms with van der Waals surface area (Å²) in [5.74, 6) is 1.13. The van der Waals surface area contributed by atoms with E-state index in [1.54, 1.807) is 6.07 Å². The fraction of sp³-hybridized carbons (Fsp3) is 0.222. The van der Waals surface area contributed by atoms with Gasteiger partial charge < -0.3 is 10.5 Å². The second-order valence-electron chi connectivity index (χ2n) is 5.61. The molecular weight excluding hydrogens is 310 g/mol. The van der Waals surface area contributed by atoms with E-state index in [1.807, 2.05) is 24.3 Å². The number of benzene rings is 2. The maximum atomic E-state index is 6.08. The monoisotopic (exact) mass is 327 g/mol. The Kier molecular flexibility index (Phi) is 4.35. The van der Waals surface area contributed by atoms with Crippen LogP contribution in [0.4, 0.5) is 5.95 Å². The smallest absolute Gasteiger partial charge is 0.220 e. The third-order valence-corrected chi connectivity index (χ3v) is 3.79. The van der Waals surface area contributed by atoms with Gasteiger partial charge in [-0.3, -0.25) is 0 Å². The molecule has 0 aliphatic heterocycles. The predicted octanol–water partition coefficient (Wildman–Crippen LogP) is 4.10. The predicted molar refractivity (Wildman–Crippen MR) is 94.1 cm³/mol. The summed E-state index contributed by atoms with van der Waals surface area (Å²) in [7, 11) is 0. The molecule has 0 radical (unpaired) electrons. The van der Waals surface area contributed by atoms with Crippen LogP contribution in [0, 0.1) is 13.8 Å². The Bertz CT molecular complexity index is 844. The van der Waals surface area contributed by atoms with E-state index in [0.29, 0.717) is 18.1 Å². The van der Waals surface area contributed by atoms with Crippen molar-refractivity contribution < 1.29 is 4.74 Å². The number of halogens is 1. The van der Waals surface area contributed by atoms with Gasteiger partial charge in [0.05, 0.1) is 17.8 Å². The maximum Gasteiger partial charge on any atom is 0.220 e. The van der Waals surface area contributed by atoms with E-state index < -0.39 is 0 Å². The van der Waals surface area contributed by atoms with Gasteiger partial charge in [0.1, 0.15) is 5.75 Å². The van der Waals surface area contributed by atoms with Gasteiger partial charge in [0.2, 0.25) is 5.95 Å². The van der Waals surface area contributed by atoms with Crippen molar-refractivity contribution in [2.45, 2.75) is 20.3 Å². The van der Waals surface area contributed by atoms with Gasteiger partial charge in [-0.1, -0.05) is 17.7 Å². The van der Waals surface area contributed by atoms with E-state index in [0.717, 1.165) is 22.3 Å². The van der Waals surface area contributed by atoms with Gasteiger partial charge in [-0.2, -0.15) is 0 Å². The first kappa shape index (κ1) is 15.6. The van der Waals surface area contributed by atoms with Crippen LogP contribution >= 0.6 is 11.6 Å². The molecule has 118 valence electrons. The van der Waals surface area contributed by atoms with E-state index >= 15 is 0 Å². The molecule has 0 aliphatic carbocycles. The summed E-state index contributed by atoms with van der Waals surface area (Å²) in [6.07, 6.45) is 0.635. The molecule has 0 fully saturated rings. The van der Waals surface area contributed by atoms with Gasteiger partial charge in [-0.25, -0.2) is 9.97 Å². The molecule has 0 unspecified atom stereocenters. The lowest BCUT2D eigenvalue weighted by molar-refractivity contribution is 0.320. The van der Waals surface area contributed by atoms with E-state index in [-0.39, 0.29) is 5.95 Å². The van der Waals surface area contributed by atoms with Crippen LogP contribution in [-0.4, -0.2) is 16.6 Å². The van der Waals surface area contributed by atoms with Crippen molar-refractivity contribution in [3.63, 3.8) is 0 Å². The molecular formula is C18H18ClN3O. The van der Waals surface area contributed by atoms with Crippen molar-refractivity contribution in [2.24, 2.45) is 0 Å². The van der Waals surface area contributed by atoms with Crippen LogP contribution in [0.25, 0.3) is 10.9 Å². The molecule has 0 amide bonds. The number of fused-ring (bicyclic) bond motifs is 1.